The number of carbonyl (C=O) groups excluding carboxylic acids is 1. The summed E-state index contributed by atoms with van der Waals surface area (Å²) in [4.78, 5) is 26.2. The standard InChI is InChI=1S/C20H27NO5/c1-25-18-7-3-2-5-16(18)12-21(13-17-6-4-10-26-17)19(22)14-8-9-15(11-14)20(23)24/h2-3,5,7,14-15,17H,4,6,8-13H2,1H3,(H,23,24)/t14-,15+,17?/m1/s1. The van der Waals surface area contributed by atoms with E-state index in [-0.39, 0.29) is 17.9 Å². The Morgan fingerprint density at radius 3 is 2.65 bits per heavy atom. The number of methoxy groups -OCH3 is 1. The fourth-order valence-corrected chi connectivity index (χ4v) is 3.99. The molecular formula is C20H27NO5. The predicted octanol–water partition coefficient (Wildman–Crippen LogP) is 2.70. The Morgan fingerprint density at radius 2 is 2.00 bits per heavy atom. The van der Waals surface area contributed by atoms with Gasteiger partial charge in [0.25, 0.3) is 0 Å². The first-order chi connectivity index (χ1) is 12.6. The maximum absolute atomic E-state index is 13.1. The minimum Gasteiger partial charge on any atom is -0.496 e. The molecule has 1 aromatic carbocycles. The van der Waals surface area contributed by atoms with Gasteiger partial charge in [0.15, 0.2) is 0 Å². The zero-order chi connectivity index (χ0) is 18.5. The topological polar surface area (TPSA) is 76.1 Å². The van der Waals surface area contributed by atoms with Crippen LogP contribution >= 0.6 is 0 Å². The molecule has 3 atom stereocenters. The summed E-state index contributed by atoms with van der Waals surface area (Å²) in [7, 11) is 1.62. The second kappa shape index (κ2) is 8.54. The Labute approximate surface area is 154 Å². The maximum atomic E-state index is 13.1. The molecule has 1 N–H and O–H groups in total. The normalized spacial score (nSPS) is 25.2. The van der Waals surface area contributed by atoms with Crippen LogP contribution in [0.4, 0.5) is 0 Å². The van der Waals surface area contributed by atoms with Crippen molar-refractivity contribution in [1.82, 2.24) is 4.90 Å². The number of nitrogens with zero attached hydrogens (tertiary/aromatic N) is 1. The SMILES string of the molecule is COc1ccccc1CN(CC1CCCO1)C(=O)[C@@H]1CC[C@H](C(=O)O)C1. The largest absolute Gasteiger partial charge is 0.496 e. The smallest absolute Gasteiger partial charge is 0.306 e. The van der Waals surface area contributed by atoms with Crippen molar-refractivity contribution in [1.29, 1.82) is 0 Å². The van der Waals surface area contributed by atoms with Crippen LogP contribution in [0.25, 0.3) is 0 Å². The second-order valence-corrected chi connectivity index (χ2v) is 7.21. The summed E-state index contributed by atoms with van der Waals surface area (Å²) in [5.41, 5.74) is 0.953. The summed E-state index contributed by atoms with van der Waals surface area (Å²) < 4.78 is 11.2. The van der Waals surface area contributed by atoms with Crippen LogP contribution in [0.5, 0.6) is 5.75 Å². The Bertz CT molecular complexity index is 641. The zero-order valence-corrected chi connectivity index (χ0v) is 15.2. The number of amides is 1. The zero-order valence-electron chi connectivity index (χ0n) is 15.2. The lowest BCUT2D eigenvalue weighted by Crippen LogP contribution is -2.40. The molecule has 1 saturated heterocycles. The van der Waals surface area contributed by atoms with Crippen molar-refractivity contribution in [3.8, 4) is 5.75 Å². The summed E-state index contributed by atoms with van der Waals surface area (Å²) in [6.45, 7) is 1.74. The number of hydrogen-bond donors (Lipinski definition) is 1. The van der Waals surface area contributed by atoms with Crippen molar-refractivity contribution in [2.45, 2.75) is 44.8 Å². The molecule has 6 heteroatoms. The first-order valence-corrected chi connectivity index (χ1v) is 9.33. The molecule has 2 aliphatic rings. The molecule has 3 rings (SSSR count). The first kappa shape index (κ1) is 18.7. The van der Waals surface area contributed by atoms with Crippen LogP contribution < -0.4 is 4.74 Å². The fourth-order valence-electron chi connectivity index (χ4n) is 3.99. The van der Waals surface area contributed by atoms with Crippen LogP contribution in [0.3, 0.4) is 0 Å². The highest BCUT2D eigenvalue weighted by Crippen LogP contribution is 2.33. The van der Waals surface area contributed by atoms with Crippen LogP contribution in [-0.4, -0.2) is 48.2 Å². The number of carboxylic acid groups (broad SMARTS) is 1. The number of carboxylic acids is 1. The Hall–Kier alpha value is -2.08. The molecule has 1 unspecified atom stereocenters. The molecule has 0 spiro atoms. The van der Waals surface area contributed by atoms with Gasteiger partial charge >= 0.3 is 5.97 Å². The van der Waals surface area contributed by atoms with E-state index in [0.29, 0.717) is 32.4 Å². The van der Waals surface area contributed by atoms with Crippen molar-refractivity contribution in [2.75, 3.05) is 20.3 Å². The van der Waals surface area contributed by atoms with E-state index in [9.17, 15) is 14.7 Å². The van der Waals surface area contributed by atoms with Gasteiger partial charge in [-0.05, 0) is 38.2 Å². The Morgan fingerprint density at radius 1 is 1.23 bits per heavy atom. The van der Waals surface area contributed by atoms with Gasteiger partial charge in [-0.1, -0.05) is 18.2 Å². The third-order valence-electron chi connectivity index (χ3n) is 5.44. The molecule has 1 amide bonds. The summed E-state index contributed by atoms with van der Waals surface area (Å²) in [5, 5.41) is 9.22. The Kier molecular flexibility index (Phi) is 6.14. The molecule has 1 heterocycles. The van der Waals surface area contributed by atoms with Crippen molar-refractivity contribution in [3.63, 3.8) is 0 Å². The van der Waals surface area contributed by atoms with Crippen molar-refractivity contribution in [3.05, 3.63) is 29.8 Å². The van der Waals surface area contributed by atoms with E-state index >= 15 is 0 Å². The van der Waals surface area contributed by atoms with Gasteiger partial charge in [-0.3, -0.25) is 9.59 Å². The van der Waals surface area contributed by atoms with Crippen molar-refractivity contribution in [2.24, 2.45) is 11.8 Å². The first-order valence-electron chi connectivity index (χ1n) is 9.33. The highest BCUT2D eigenvalue weighted by Gasteiger charge is 2.36. The lowest BCUT2D eigenvalue weighted by Gasteiger charge is -2.28. The highest BCUT2D eigenvalue weighted by atomic mass is 16.5. The summed E-state index contributed by atoms with van der Waals surface area (Å²) in [6.07, 6.45) is 3.69. The molecule has 2 fully saturated rings. The number of para-hydroxylation sites is 1. The molecule has 6 nitrogen and oxygen atoms in total. The van der Waals surface area contributed by atoms with Gasteiger partial charge in [-0.15, -0.1) is 0 Å². The molecule has 0 radical (unpaired) electrons. The molecule has 1 saturated carbocycles. The summed E-state index contributed by atoms with van der Waals surface area (Å²) in [6, 6.07) is 7.69. The number of benzene rings is 1. The predicted molar refractivity (Wildman–Crippen MR) is 95.9 cm³/mol. The molecular weight excluding hydrogens is 334 g/mol. The lowest BCUT2D eigenvalue weighted by molar-refractivity contribution is -0.142. The molecule has 1 aliphatic heterocycles. The highest BCUT2D eigenvalue weighted by molar-refractivity contribution is 5.81. The van der Waals surface area contributed by atoms with Gasteiger partial charge < -0.3 is 19.5 Å². The average molecular weight is 361 g/mol. The second-order valence-electron chi connectivity index (χ2n) is 7.21. The van der Waals surface area contributed by atoms with E-state index in [1.54, 1.807) is 7.11 Å². The van der Waals surface area contributed by atoms with Crippen LogP contribution in [0.15, 0.2) is 24.3 Å². The van der Waals surface area contributed by atoms with E-state index in [0.717, 1.165) is 30.8 Å². The maximum Gasteiger partial charge on any atom is 0.306 e. The third kappa shape index (κ3) is 4.36. The quantitative estimate of drug-likeness (QED) is 0.808. The van der Waals surface area contributed by atoms with E-state index in [2.05, 4.69) is 0 Å². The van der Waals surface area contributed by atoms with Gasteiger partial charge in [0.2, 0.25) is 5.91 Å². The summed E-state index contributed by atoms with van der Waals surface area (Å²) in [5.74, 6) is -0.620. The third-order valence-corrected chi connectivity index (χ3v) is 5.44. The number of aliphatic carboxylic acids is 1. The fraction of sp³-hybridized carbons (Fsp3) is 0.600. The minimum absolute atomic E-state index is 0.0372. The minimum atomic E-state index is -0.796. The van der Waals surface area contributed by atoms with E-state index in [1.165, 1.54) is 0 Å². The number of rotatable bonds is 7. The Balaban J connectivity index is 1.74. The van der Waals surface area contributed by atoms with Gasteiger partial charge in [-0.2, -0.15) is 0 Å². The molecule has 26 heavy (non-hydrogen) atoms. The van der Waals surface area contributed by atoms with Crippen LogP contribution in [0, 0.1) is 11.8 Å². The van der Waals surface area contributed by atoms with Gasteiger partial charge in [0.05, 0.1) is 19.1 Å². The summed E-state index contributed by atoms with van der Waals surface area (Å²) >= 11 is 0. The monoisotopic (exact) mass is 361 g/mol. The molecule has 0 bridgehead atoms. The van der Waals surface area contributed by atoms with Crippen molar-refractivity contribution < 1.29 is 24.2 Å². The number of carbonyl (C=O) groups is 2. The number of ether oxygens (including phenoxy) is 2. The van der Waals surface area contributed by atoms with Gasteiger partial charge in [0, 0.05) is 31.2 Å². The molecule has 1 aromatic rings. The molecule has 142 valence electrons. The van der Waals surface area contributed by atoms with Crippen LogP contribution in [-0.2, 0) is 20.9 Å². The number of hydrogen-bond acceptors (Lipinski definition) is 4. The lowest BCUT2D eigenvalue weighted by atomic mass is 10.0. The molecule has 0 aromatic heterocycles. The van der Waals surface area contributed by atoms with E-state index in [4.69, 9.17) is 9.47 Å². The van der Waals surface area contributed by atoms with Crippen LogP contribution in [0.1, 0.15) is 37.7 Å². The van der Waals surface area contributed by atoms with Gasteiger partial charge in [0.1, 0.15) is 5.75 Å². The average Bonchev–Trinajstić information content (AvgIpc) is 3.33. The molecule has 1 aliphatic carbocycles. The van der Waals surface area contributed by atoms with Crippen molar-refractivity contribution >= 4 is 11.9 Å². The van der Waals surface area contributed by atoms with E-state index < -0.39 is 11.9 Å². The van der Waals surface area contributed by atoms with Crippen LogP contribution in [0.2, 0.25) is 0 Å². The van der Waals surface area contributed by atoms with E-state index in [1.807, 2.05) is 29.2 Å². The van der Waals surface area contributed by atoms with Gasteiger partial charge in [-0.25, -0.2) is 0 Å².